The summed E-state index contributed by atoms with van der Waals surface area (Å²) < 4.78 is 27.4. The molecule has 0 bridgehead atoms. The normalized spacial score (nSPS) is 17.5. The number of benzene rings is 1. The first-order valence-electron chi connectivity index (χ1n) is 7.58. The van der Waals surface area contributed by atoms with Crippen LogP contribution in [0.5, 0.6) is 0 Å². The van der Waals surface area contributed by atoms with E-state index in [-0.39, 0.29) is 6.42 Å². The van der Waals surface area contributed by atoms with E-state index in [0.717, 1.165) is 16.4 Å². The molecule has 0 unspecified atom stereocenters. The van der Waals surface area contributed by atoms with Crippen molar-refractivity contribution in [3.63, 3.8) is 0 Å². The summed E-state index contributed by atoms with van der Waals surface area (Å²) >= 11 is 3.43. The van der Waals surface area contributed by atoms with Gasteiger partial charge in [0.1, 0.15) is 17.5 Å². The Balaban J connectivity index is 1.80. The van der Waals surface area contributed by atoms with Crippen molar-refractivity contribution in [2.24, 2.45) is 5.73 Å². The van der Waals surface area contributed by atoms with Crippen LogP contribution in [-0.4, -0.2) is 28.8 Å². The molecule has 1 aromatic heterocycles. The van der Waals surface area contributed by atoms with Gasteiger partial charge in [-0.15, -0.1) is 0 Å². The molecule has 0 spiro atoms. The van der Waals surface area contributed by atoms with E-state index in [1.165, 1.54) is 12.1 Å². The molecule has 24 heavy (non-hydrogen) atoms. The Morgan fingerprint density at radius 2 is 1.92 bits per heavy atom. The molecule has 2 aromatic rings. The van der Waals surface area contributed by atoms with Crippen LogP contribution in [0.1, 0.15) is 24.2 Å². The van der Waals surface area contributed by atoms with Crippen LogP contribution in [0.25, 0.3) is 0 Å². The lowest BCUT2D eigenvalue weighted by atomic mass is 9.97. The minimum absolute atomic E-state index is 0.265. The molecule has 1 atom stereocenters. The fraction of sp³-hybridized carbons (Fsp3) is 0.353. The predicted molar refractivity (Wildman–Crippen MR) is 91.8 cm³/mol. The average molecular weight is 398 g/mol. The third-order valence-corrected chi connectivity index (χ3v) is 4.65. The zero-order valence-electron chi connectivity index (χ0n) is 13.1. The Labute approximate surface area is 147 Å². The molecule has 4 nitrogen and oxygen atoms in total. The smallest absolute Gasteiger partial charge is 0.129 e. The van der Waals surface area contributed by atoms with E-state index in [1.807, 2.05) is 17.0 Å². The number of pyridine rings is 1. The van der Waals surface area contributed by atoms with E-state index in [9.17, 15) is 13.9 Å². The summed E-state index contributed by atoms with van der Waals surface area (Å²) in [4.78, 5) is 6.51. The van der Waals surface area contributed by atoms with Crippen molar-refractivity contribution < 1.29 is 13.9 Å². The quantitative estimate of drug-likeness (QED) is 0.832. The van der Waals surface area contributed by atoms with Crippen molar-refractivity contribution in [2.75, 3.05) is 18.0 Å². The van der Waals surface area contributed by atoms with Gasteiger partial charge < -0.3 is 15.7 Å². The van der Waals surface area contributed by atoms with Gasteiger partial charge in [0, 0.05) is 23.6 Å². The minimum Gasteiger partial charge on any atom is -0.386 e. The Hall–Kier alpha value is -1.57. The lowest BCUT2D eigenvalue weighted by molar-refractivity contribution is 0.0305. The summed E-state index contributed by atoms with van der Waals surface area (Å²) in [6, 6.07) is 6.55. The third-order valence-electron chi connectivity index (χ3n) is 3.97. The molecule has 0 radical (unpaired) electrons. The summed E-state index contributed by atoms with van der Waals surface area (Å²) in [6.45, 7) is 2.78. The van der Waals surface area contributed by atoms with E-state index in [4.69, 9.17) is 5.73 Å². The molecule has 0 amide bonds. The highest BCUT2D eigenvalue weighted by molar-refractivity contribution is 9.10. The monoisotopic (exact) mass is 397 g/mol. The van der Waals surface area contributed by atoms with Gasteiger partial charge in [-0.25, -0.2) is 13.8 Å². The number of hydrogen-bond donors (Lipinski definition) is 2. The summed E-state index contributed by atoms with van der Waals surface area (Å²) in [5, 5.41) is 9.85. The SMILES string of the molecule is CC1(O)CN(c2ccc(Br)c([C@@H](N)Cc3cc(F)cc(F)c3)n2)C1. The van der Waals surface area contributed by atoms with Crippen LogP contribution in [0.4, 0.5) is 14.6 Å². The first-order chi connectivity index (χ1) is 11.2. The fourth-order valence-electron chi connectivity index (χ4n) is 2.90. The van der Waals surface area contributed by atoms with Crippen LogP contribution in [0.2, 0.25) is 0 Å². The molecule has 1 fully saturated rings. The van der Waals surface area contributed by atoms with E-state index in [0.29, 0.717) is 24.3 Å². The van der Waals surface area contributed by atoms with Gasteiger partial charge in [0.05, 0.1) is 17.3 Å². The maximum atomic E-state index is 13.3. The van der Waals surface area contributed by atoms with Crippen molar-refractivity contribution >= 4 is 21.7 Å². The number of rotatable bonds is 4. The van der Waals surface area contributed by atoms with Crippen LogP contribution in [0, 0.1) is 11.6 Å². The van der Waals surface area contributed by atoms with Gasteiger partial charge in [0.25, 0.3) is 0 Å². The molecular weight excluding hydrogens is 380 g/mol. The topological polar surface area (TPSA) is 62.4 Å². The number of β-amino-alcohol motifs (C(OH)–C–C–N with tert-alkyl or cyclic N) is 1. The Bertz CT molecular complexity index is 741. The fourth-order valence-corrected chi connectivity index (χ4v) is 3.42. The second-order valence-electron chi connectivity index (χ2n) is 6.48. The van der Waals surface area contributed by atoms with Crippen molar-refractivity contribution in [2.45, 2.75) is 25.0 Å². The van der Waals surface area contributed by atoms with Crippen molar-refractivity contribution in [3.8, 4) is 0 Å². The first kappa shape index (κ1) is 17.3. The minimum atomic E-state index is -0.698. The zero-order chi connectivity index (χ0) is 17.5. The highest BCUT2D eigenvalue weighted by atomic mass is 79.9. The Morgan fingerprint density at radius 1 is 1.29 bits per heavy atom. The number of anilines is 1. The molecule has 3 N–H and O–H groups in total. The van der Waals surface area contributed by atoms with E-state index in [2.05, 4.69) is 20.9 Å². The maximum absolute atomic E-state index is 13.3. The average Bonchev–Trinajstić information content (AvgIpc) is 2.44. The van der Waals surface area contributed by atoms with Crippen LogP contribution in [0.15, 0.2) is 34.8 Å². The maximum Gasteiger partial charge on any atom is 0.129 e. The largest absolute Gasteiger partial charge is 0.386 e. The molecule has 0 saturated carbocycles. The number of aromatic nitrogens is 1. The van der Waals surface area contributed by atoms with E-state index in [1.54, 1.807) is 6.92 Å². The summed E-state index contributed by atoms with van der Waals surface area (Å²) in [6.07, 6.45) is 0.265. The third kappa shape index (κ3) is 3.74. The van der Waals surface area contributed by atoms with Gasteiger partial charge in [-0.1, -0.05) is 0 Å². The molecule has 7 heteroatoms. The van der Waals surface area contributed by atoms with Gasteiger partial charge in [-0.05, 0) is 59.1 Å². The Morgan fingerprint density at radius 3 is 2.50 bits per heavy atom. The van der Waals surface area contributed by atoms with Gasteiger partial charge in [0.15, 0.2) is 0 Å². The summed E-state index contributed by atoms with van der Waals surface area (Å²) in [7, 11) is 0. The molecule has 3 rings (SSSR count). The highest BCUT2D eigenvalue weighted by Gasteiger charge is 2.37. The predicted octanol–water partition coefficient (Wildman–Crippen LogP) is 2.94. The standard InChI is InChI=1S/C17H18BrF2N3O/c1-17(24)8-23(9-17)15-3-2-13(18)16(22-15)14(21)6-10-4-11(19)7-12(20)5-10/h2-5,7,14,24H,6,8-9,21H2,1H3/t14-/m0/s1. The zero-order valence-corrected chi connectivity index (χ0v) is 14.7. The molecule has 2 heterocycles. The van der Waals surface area contributed by atoms with Crippen molar-refractivity contribution in [3.05, 3.63) is 57.7 Å². The first-order valence-corrected chi connectivity index (χ1v) is 8.37. The molecule has 1 aliphatic rings. The van der Waals surface area contributed by atoms with E-state index >= 15 is 0 Å². The lowest BCUT2D eigenvalue weighted by Gasteiger charge is -2.45. The molecule has 1 saturated heterocycles. The van der Waals surface area contributed by atoms with Gasteiger partial charge in [-0.2, -0.15) is 0 Å². The second-order valence-corrected chi connectivity index (χ2v) is 7.33. The molecule has 1 aliphatic heterocycles. The molecular formula is C17H18BrF2N3O. The lowest BCUT2D eigenvalue weighted by Crippen LogP contribution is -2.60. The summed E-state index contributed by atoms with van der Waals surface area (Å²) in [5.41, 5.74) is 6.60. The van der Waals surface area contributed by atoms with Crippen molar-refractivity contribution in [1.82, 2.24) is 4.98 Å². The van der Waals surface area contributed by atoms with Crippen LogP contribution in [0.3, 0.4) is 0 Å². The van der Waals surface area contributed by atoms with Gasteiger partial charge >= 0.3 is 0 Å². The Kier molecular flexibility index (Phi) is 4.59. The molecule has 128 valence electrons. The number of nitrogens with zero attached hydrogens (tertiary/aromatic N) is 2. The number of halogens is 3. The highest BCUT2D eigenvalue weighted by Crippen LogP contribution is 2.30. The van der Waals surface area contributed by atoms with Crippen molar-refractivity contribution in [1.29, 1.82) is 0 Å². The summed E-state index contributed by atoms with van der Waals surface area (Å²) in [5.74, 6) is -0.526. The number of nitrogens with two attached hydrogens (primary N) is 1. The second kappa shape index (κ2) is 6.38. The number of hydrogen-bond acceptors (Lipinski definition) is 4. The van der Waals surface area contributed by atoms with Crippen LogP contribution in [-0.2, 0) is 6.42 Å². The molecule has 0 aliphatic carbocycles. The van der Waals surface area contributed by atoms with Gasteiger partial charge in [0.2, 0.25) is 0 Å². The van der Waals surface area contributed by atoms with Crippen LogP contribution >= 0.6 is 15.9 Å². The van der Waals surface area contributed by atoms with Crippen LogP contribution < -0.4 is 10.6 Å². The van der Waals surface area contributed by atoms with Gasteiger partial charge in [-0.3, -0.25) is 0 Å². The van der Waals surface area contributed by atoms with E-state index < -0.39 is 23.3 Å². The molecule has 1 aromatic carbocycles. The number of aliphatic hydroxyl groups is 1.